The zero-order valence-electron chi connectivity index (χ0n) is 9.53. The molecule has 88 valence electrons. The topological polar surface area (TPSA) is 73.3 Å². The largest absolute Gasteiger partial charge is 0.451 e. The van der Waals surface area contributed by atoms with Crippen molar-refractivity contribution >= 4 is 23.2 Å². The molecule has 0 saturated heterocycles. The maximum absolute atomic E-state index is 11.3. The van der Waals surface area contributed by atoms with E-state index in [0.717, 1.165) is 22.8 Å². The third-order valence-corrected chi connectivity index (χ3v) is 2.76. The van der Waals surface area contributed by atoms with Crippen molar-refractivity contribution < 1.29 is 14.0 Å². The molecule has 0 radical (unpaired) electrons. The third-order valence-electron chi connectivity index (χ3n) is 2.76. The number of rotatable bonds is 4. The van der Waals surface area contributed by atoms with Crippen molar-refractivity contribution in [2.75, 3.05) is 0 Å². The monoisotopic (exact) mass is 231 g/mol. The molecule has 1 heterocycles. The molecule has 0 spiro atoms. The number of benzene rings is 1. The Balaban J connectivity index is 2.68. The van der Waals surface area contributed by atoms with Crippen LogP contribution in [0.3, 0.4) is 0 Å². The predicted octanol–water partition coefficient (Wildman–Crippen LogP) is 1.97. The van der Waals surface area contributed by atoms with E-state index in [1.54, 1.807) is 6.07 Å². The molecular weight excluding hydrogens is 218 g/mol. The number of aryl methyl sites for hydroxylation is 2. The SMILES string of the molecule is Cc1cccc2oc(C(N)=O)c(CCC=O)c12. The van der Waals surface area contributed by atoms with Gasteiger partial charge in [0.1, 0.15) is 11.9 Å². The zero-order chi connectivity index (χ0) is 12.4. The van der Waals surface area contributed by atoms with Crippen molar-refractivity contribution in [2.45, 2.75) is 19.8 Å². The molecule has 17 heavy (non-hydrogen) atoms. The van der Waals surface area contributed by atoms with Gasteiger partial charge in [-0.15, -0.1) is 0 Å². The Labute approximate surface area is 98.4 Å². The molecule has 0 aliphatic heterocycles. The van der Waals surface area contributed by atoms with Crippen LogP contribution in [0.25, 0.3) is 11.0 Å². The van der Waals surface area contributed by atoms with Crippen molar-refractivity contribution in [3.8, 4) is 0 Å². The van der Waals surface area contributed by atoms with Crippen molar-refractivity contribution in [1.82, 2.24) is 0 Å². The van der Waals surface area contributed by atoms with Crippen LogP contribution in [-0.4, -0.2) is 12.2 Å². The van der Waals surface area contributed by atoms with Crippen molar-refractivity contribution in [2.24, 2.45) is 5.73 Å². The molecule has 0 aliphatic rings. The van der Waals surface area contributed by atoms with E-state index in [9.17, 15) is 9.59 Å². The Morgan fingerprint density at radius 3 is 2.88 bits per heavy atom. The summed E-state index contributed by atoms with van der Waals surface area (Å²) in [6, 6.07) is 5.58. The molecule has 0 aliphatic carbocycles. The van der Waals surface area contributed by atoms with E-state index in [4.69, 9.17) is 10.2 Å². The molecular formula is C13H13NO3. The number of aldehydes is 1. The number of hydrogen-bond acceptors (Lipinski definition) is 3. The first kappa shape index (κ1) is 11.4. The molecule has 2 aromatic rings. The van der Waals surface area contributed by atoms with Crippen LogP contribution >= 0.6 is 0 Å². The highest BCUT2D eigenvalue weighted by atomic mass is 16.3. The number of carbonyl (C=O) groups is 2. The summed E-state index contributed by atoms with van der Waals surface area (Å²) in [4.78, 5) is 21.8. The van der Waals surface area contributed by atoms with Crippen LogP contribution in [0.4, 0.5) is 0 Å². The lowest BCUT2D eigenvalue weighted by Gasteiger charge is -1.99. The molecule has 0 fully saturated rings. The fourth-order valence-electron chi connectivity index (χ4n) is 2.04. The number of amides is 1. The second kappa shape index (κ2) is 4.41. The van der Waals surface area contributed by atoms with Gasteiger partial charge in [0.2, 0.25) is 0 Å². The van der Waals surface area contributed by atoms with Gasteiger partial charge in [-0.3, -0.25) is 4.79 Å². The van der Waals surface area contributed by atoms with Crippen molar-refractivity contribution in [1.29, 1.82) is 0 Å². The number of furan rings is 1. The summed E-state index contributed by atoms with van der Waals surface area (Å²) in [5.74, 6) is -0.433. The standard InChI is InChI=1S/C13H13NO3/c1-8-4-2-6-10-11(8)9(5-3-7-15)12(17-10)13(14)16/h2,4,6-7H,3,5H2,1H3,(H2,14,16). The summed E-state index contributed by atoms with van der Waals surface area (Å²) in [5.41, 5.74) is 7.67. The van der Waals surface area contributed by atoms with E-state index in [2.05, 4.69) is 0 Å². The second-order valence-corrected chi connectivity index (χ2v) is 3.93. The van der Waals surface area contributed by atoms with Gasteiger partial charge in [0.15, 0.2) is 5.76 Å². The van der Waals surface area contributed by atoms with Gasteiger partial charge in [0, 0.05) is 17.4 Å². The molecule has 1 amide bonds. The van der Waals surface area contributed by atoms with Gasteiger partial charge in [0.25, 0.3) is 5.91 Å². The summed E-state index contributed by atoms with van der Waals surface area (Å²) in [6.07, 6.45) is 1.64. The number of fused-ring (bicyclic) bond motifs is 1. The zero-order valence-corrected chi connectivity index (χ0v) is 9.53. The van der Waals surface area contributed by atoms with E-state index < -0.39 is 5.91 Å². The van der Waals surface area contributed by atoms with Crippen LogP contribution in [0.1, 0.15) is 28.1 Å². The van der Waals surface area contributed by atoms with E-state index in [-0.39, 0.29) is 5.76 Å². The molecule has 2 rings (SSSR count). The first-order valence-corrected chi connectivity index (χ1v) is 5.39. The summed E-state index contributed by atoms with van der Waals surface area (Å²) in [6.45, 7) is 1.94. The van der Waals surface area contributed by atoms with Crippen LogP contribution in [-0.2, 0) is 11.2 Å². The van der Waals surface area contributed by atoms with E-state index in [0.29, 0.717) is 18.4 Å². The summed E-state index contributed by atoms with van der Waals surface area (Å²) in [7, 11) is 0. The molecule has 1 aromatic carbocycles. The fourth-order valence-corrected chi connectivity index (χ4v) is 2.04. The number of primary amides is 1. The molecule has 4 heteroatoms. The highest BCUT2D eigenvalue weighted by molar-refractivity contribution is 5.99. The van der Waals surface area contributed by atoms with Crippen LogP contribution in [0.5, 0.6) is 0 Å². The van der Waals surface area contributed by atoms with Crippen LogP contribution in [0.2, 0.25) is 0 Å². The van der Waals surface area contributed by atoms with Gasteiger partial charge in [0.05, 0.1) is 0 Å². The lowest BCUT2D eigenvalue weighted by atomic mass is 10.0. The van der Waals surface area contributed by atoms with Gasteiger partial charge < -0.3 is 14.9 Å². The van der Waals surface area contributed by atoms with Crippen LogP contribution in [0.15, 0.2) is 22.6 Å². The number of hydrogen-bond donors (Lipinski definition) is 1. The highest BCUT2D eigenvalue weighted by Gasteiger charge is 2.18. The Hall–Kier alpha value is -2.10. The maximum atomic E-state index is 11.3. The van der Waals surface area contributed by atoms with Gasteiger partial charge in [-0.25, -0.2) is 0 Å². The minimum atomic E-state index is -0.596. The average molecular weight is 231 g/mol. The quantitative estimate of drug-likeness (QED) is 0.817. The molecule has 1 aromatic heterocycles. The predicted molar refractivity (Wildman–Crippen MR) is 63.9 cm³/mol. The number of nitrogens with two attached hydrogens (primary N) is 1. The Morgan fingerprint density at radius 2 is 2.24 bits per heavy atom. The van der Waals surface area contributed by atoms with E-state index in [1.165, 1.54) is 0 Å². The smallest absolute Gasteiger partial charge is 0.284 e. The molecule has 2 N–H and O–H groups in total. The number of carbonyl (C=O) groups excluding carboxylic acids is 2. The maximum Gasteiger partial charge on any atom is 0.284 e. The van der Waals surface area contributed by atoms with Crippen molar-refractivity contribution in [3.63, 3.8) is 0 Å². The average Bonchev–Trinajstić information content (AvgIpc) is 2.66. The highest BCUT2D eigenvalue weighted by Crippen LogP contribution is 2.29. The van der Waals surface area contributed by atoms with Crippen LogP contribution < -0.4 is 5.73 Å². The molecule has 4 nitrogen and oxygen atoms in total. The Morgan fingerprint density at radius 1 is 1.47 bits per heavy atom. The lowest BCUT2D eigenvalue weighted by molar-refractivity contribution is -0.107. The first-order valence-electron chi connectivity index (χ1n) is 5.39. The van der Waals surface area contributed by atoms with E-state index in [1.807, 2.05) is 19.1 Å². The Kier molecular flexibility index (Phi) is 2.95. The Bertz CT molecular complexity index is 584. The minimum Gasteiger partial charge on any atom is -0.451 e. The molecule has 0 saturated carbocycles. The van der Waals surface area contributed by atoms with Gasteiger partial charge in [-0.2, -0.15) is 0 Å². The van der Waals surface area contributed by atoms with Crippen LogP contribution in [0, 0.1) is 6.92 Å². The van der Waals surface area contributed by atoms with E-state index >= 15 is 0 Å². The fraction of sp³-hybridized carbons (Fsp3) is 0.231. The summed E-state index contributed by atoms with van der Waals surface area (Å²) in [5, 5.41) is 0.892. The first-order chi connectivity index (χ1) is 8.15. The van der Waals surface area contributed by atoms with Crippen molar-refractivity contribution in [3.05, 3.63) is 35.1 Å². The van der Waals surface area contributed by atoms with Gasteiger partial charge >= 0.3 is 0 Å². The minimum absolute atomic E-state index is 0.163. The molecule has 0 unspecified atom stereocenters. The molecule has 0 bridgehead atoms. The van der Waals surface area contributed by atoms with Gasteiger partial charge in [-0.1, -0.05) is 12.1 Å². The lowest BCUT2D eigenvalue weighted by Crippen LogP contribution is -2.12. The molecule has 0 atom stereocenters. The van der Waals surface area contributed by atoms with Gasteiger partial charge in [-0.05, 0) is 25.0 Å². The summed E-state index contributed by atoms with van der Waals surface area (Å²) >= 11 is 0. The summed E-state index contributed by atoms with van der Waals surface area (Å²) < 4.78 is 5.45. The third kappa shape index (κ3) is 1.93. The second-order valence-electron chi connectivity index (χ2n) is 3.93. The normalized spacial score (nSPS) is 10.6.